The lowest BCUT2D eigenvalue weighted by atomic mass is 10.1. The summed E-state index contributed by atoms with van der Waals surface area (Å²) < 4.78 is 3.65. The van der Waals surface area contributed by atoms with Crippen LogP contribution in [0.2, 0.25) is 0 Å². The van der Waals surface area contributed by atoms with Crippen molar-refractivity contribution in [2.75, 3.05) is 0 Å². The topological polar surface area (TPSA) is 63.1 Å². The summed E-state index contributed by atoms with van der Waals surface area (Å²) in [5.74, 6) is -0.986. The van der Waals surface area contributed by atoms with Crippen molar-refractivity contribution in [3.05, 3.63) is 34.7 Å². The van der Waals surface area contributed by atoms with Gasteiger partial charge >= 0.3 is 5.97 Å². The zero-order valence-electron chi connectivity index (χ0n) is 7.97. The largest absolute Gasteiger partial charge is 0.477 e. The molecule has 0 saturated heterocycles. The lowest BCUT2D eigenvalue weighted by Gasteiger charge is -1.98. The number of aryl methyl sites for hydroxylation is 1. The Morgan fingerprint density at radius 1 is 1.33 bits per heavy atom. The predicted molar refractivity (Wildman–Crippen MR) is 57.0 cm³/mol. The van der Waals surface area contributed by atoms with Crippen LogP contribution in [0.1, 0.15) is 15.2 Å². The summed E-state index contributed by atoms with van der Waals surface area (Å²) in [5.41, 5.74) is 2.35. The summed E-state index contributed by atoms with van der Waals surface area (Å²) in [6, 6.07) is 7.53. The number of hydrogen-bond donors (Lipinski definition) is 1. The number of aromatic nitrogens is 2. The number of aromatic carboxylic acids is 1. The molecule has 0 amide bonds. The fourth-order valence-corrected chi connectivity index (χ4v) is 1.76. The maximum atomic E-state index is 10.9. The Hall–Kier alpha value is -1.75. The van der Waals surface area contributed by atoms with Crippen LogP contribution in [0.4, 0.5) is 0 Å². The molecule has 15 heavy (non-hydrogen) atoms. The van der Waals surface area contributed by atoms with Gasteiger partial charge in [-0.25, -0.2) is 4.79 Å². The molecule has 0 spiro atoms. The van der Waals surface area contributed by atoms with Crippen LogP contribution in [0, 0.1) is 6.92 Å². The molecule has 0 bridgehead atoms. The number of carboxylic acids is 1. The van der Waals surface area contributed by atoms with Gasteiger partial charge in [0.2, 0.25) is 0 Å². The van der Waals surface area contributed by atoms with E-state index >= 15 is 0 Å². The van der Waals surface area contributed by atoms with Crippen molar-refractivity contribution < 1.29 is 9.90 Å². The molecule has 0 aliphatic rings. The summed E-state index contributed by atoms with van der Waals surface area (Å²) in [5, 5.41) is 12.7. The van der Waals surface area contributed by atoms with Crippen LogP contribution in [0.15, 0.2) is 24.3 Å². The molecule has 0 aliphatic carbocycles. The van der Waals surface area contributed by atoms with Gasteiger partial charge in [-0.3, -0.25) is 0 Å². The first-order chi connectivity index (χ1) is 7.18. The normalized spacial score (nSPS) is 10.2. The minimum Gasteiger partial charge on any atom is -0.477 e. The highest BCUT2D eigenvalue weighted by Crippen LogP contribution is 2.23. The van der Waals surface area contributed by atoms with E-state index in [-0.39, 0.29) is 4.88 Å². The molecule has 1 heterocycles. The Labute approximate surface area is 90.4 Å². The van der Waals surface area contributed by atoms with Crippen LogP contribution >= 0.6 is 11.5 Å². The molecular formula is C10H8N2O2S. The number of carbonyl (C=O) groups is 1. The molecule has 0 fully saturated rings. The zero-order chi connectivity index (χ0) is 10.8. The SMILES string of the molecule is Cc1ccc(-c2nnsc2C(=O)O)cc1. The number of hydrogen-bond acceptors (Lipinski definition) is 4. The van der Waals surface area contributed by atoms with Crippen LogP contribution in [0.5, 0.6) is 0 Å². The molecule has 4 nitrogen and oxygen atoms in total. The zero-order valence-corrected chi connectivity index (χ0v) is 8.78. The highest BCUT2D eigenvalue weighted by atomic mass is 32.1. The van der Waals surface area contributed by atoms with Gasteiger partial charge in [0.15, 0.2) is 4.88 Å². The van der Waals surface area contributed by atoms with Crippen LogP contribution in [-0.4, -0.2) is 20.7 Å². The molecule has 0 unspecified atom stereocenters. The summed E-state index contributed by atoms with van der Waals surface area (Å²) >= 11 is 0.896. The second kappa shape index (κ2) is 3.78. The standard InChI is InChI=1S/C10H8N2O2S/c1-6-2-4-7(5-3-6)8-9(10(13)14)15-12-11-8/h2-5H,1H3,(H,13,14). The van der Waals surface area contributed by atoms with E-state index in [0.717, 1.165) is 22.7 Å². The van der Waals surface area contributed by atoms with E-state index in [1.807, 2.05) is 31.2 Å². The predicted octanol–water partition coefficient (Wildman–Crippen LogP) is 2.21. The van der Waals surface area contributed by atoms with E-state index in [4.69, 9.17) is 5.11 Å². The molecule has 5 heteroatoms. The first-order valence-electron chi connectivity index (χ1n) is 4.31. The molecule has 0 radical (unpaired) electrons. The maximum absolute atomic E-state index is 10.9. The molecule has 1 aromatic carbocycles. The number of carboxylic acid groups (broad SMARTS) is 1. The highest BCUT2D eigenvalue weighted by Gasteiger charge is 2.16. The summed E-state index contributed by atoms with van der Waals surface area (Å²) in [6.07, 6.45) is 0. The molecule has 0 saturated carbocycles. The van der Waals surface area contributed by atoms with Gasteiger partial charge in [-0.2, -0.15) is 0 Å². The van der Waals surface area contributed by atoms with Crippen molar-refractivity contribution in [2.24, 2.45) is 0 Å². The third-order valence-corrected chi connectivity index (χ3v) is 2.72. The smallest absolute Gasteiger partial charge is 0.349 e. The van der Waals surface area contributed by atoms with Gasteiger partial charge in [-0.05, 0) is 18.5 Å². The van der Waals surface area contributed by atoms with E-state index in [1.165, 1.54) is 0 Å². The molecule has 2 aromatic rings. The first kappa shape index (κ1) is 9.79. The Balaban J connectivity index is 2.49. The Morgan fingerprint density at radius 3 is 2.60 bits per heavy atom. The van der Waals surface area contributed by atoms with Gasteiger partial charge in [-0.1, -0.05) is 34.3 Å². The monoisotopic (exact) mass is 220 g/mol. The fourth-order valence-electron chi connectivity index (χ4n) is 1.23. The van der Waals surface area contributed by atoms with Crippen molar-refractivity contribution in [2.45, 2.75) is 6.92 Å². The molecule has 2 rings (SSSR count). The third kappa shape index (κ3) is 1.87. The summed E-state index contributed by atoms with van der Waals surface area (Å²) in [6.45, 7) is 1.97. The number of benzene rings is 1. The molecule has 0 aliphatic heterocycles. The van der Waals surface area contributed by atoms with Gasteiger partial charge in [-0.15, -0.1) is 5.10 Å². The Bertz CT molecular complexity index is 490. The van der Waals surface area contributed by atoms with Gasteiger partial charge in [0.05, 0.1) is 0 Å². The molecule has 0 atom stereocenters. The number of rotatable bonds is 2. The van der Waals surface area contributed by atoms with Crippen LogP contribution in [0.25, 0.3) is 11.3 Å². The van der Waals surface area contributed by atoms with Crippen molar-refractivity contribution in [3.63, 3.8) is 0 Å². The van der Waals surface area contributed by atoms with E-state index in [1.54, 1.807) is 0 Å². The average molecular weight is 220 g/mol. The van der Waals surface area contributed by atoms with Gasteiger partial charge in [0.1, 0.15) is 5.69 Å². The van der Waals surface area contributed by atoms with E-state index in [0.29, 0.717) is 5.69 Å². The van der Waals surface area contributed by atoms with Crippen molar-refractivity contribution in [1.29, 1.82) is 0 Å². The maximum Gasteiger partial charge on any atom is 0.349 e. The summed E-state index contributed by atoms with van der Waals surface area (Å²) in [7, 11) is 0. The van der Waals surface area contributed by atoms with Crippen LogP contribution in [-0.2, 0) is 0 Å². The molecule has 1 N–H and O–H groups in total. The van der Waals surface area contributed by atoms with Crippen molar-refractivity contribution in [3.8, 4) is 11.3 Å². The van der Waals surface area contributed by atoms with E-state index in [9.17, 15) is 4.79 Å². The fraction of sp³-hybridized carbons (Fsp3) is 0.100. The van der Waals surface area contributed by atoms with Crippen LogP contribution < -0.4 is 0 Å². The molecule has 76 valence electrons. The lowest BCUT2D eigenvalue weighted by molar-refractivity contribution is 0.0702. The average Bonchev–Trinajstić information content (AvgIpc) is 2.67. The van der Waals surface area contributed by atoms with Gasteiger partial charge < -0.3 is 5.11 Å². The third-order valence-electron chi connectivity index (χ3n) is 2.01. The molecular weight excluding hydrogens is 212 g/mol. The van der Waals surface area contributed by atoms with Crippen molar-refractivity contribution in [1.82, 2.24) is 9.59 Å². The summed E-state index contributed by atoms with van der Waals surface area (Å²) in [4.78, 5) is 11.0. The Kier molecular flexibility index (Phi) is 2.47. The minimum absolute atomic E-state index is 0.179. The van der Waals surface area contributed by atoms with Crippen molar-refractivity contribution >= 4 is 17.5 Å². The van der Waals surface area contributed by atoms with E-state index in [2.05, 4.69) is 9.59 Å². The van der Waals surface area contributed by atoms with E-state index < -0.39 is 5.97 Å². The first-order valence-corrected chi connectivity index (χ1v) is 5.08. The molecule has 1 aromatic heterocycles. The lowest BCUT2D eigenvalue weighted by Crippen LogP contribution is -1.95. The number of nitrogens with zero attached hydrogens (tertiary/aromatic N) is 2. The minimum atomic E-state index is -0.986. The second-order valence-electron chi connectivity index (χ2n) is 3.12. The van der Waals surface area contributed by atoms with Gasteiger partial charge in [0.25, 0.3) is 0 Å². The van der Waals surface area contributed by atoms with Gasteiger partial charge in [0, 0.05) is 5.56 Å². The quantitative estimate of drug-likeness (QED) is 0.842. The van der Waals surface area contributed by atoms with Crippen LogP contribution in [0.3, 0.4) is 0 Å². The second-order valence-corrected chi connectivity index (χ2v) is 3.88. The highest BCUT2D eigenvalue weighted by molar-refractivity contribution is 7.08. The Morgan fingerprint density at radius 2 is 2.00 bits per heavy atom.